The summed E-state index contributed by atoms with van der Waals surface area (Å²) in [5.74, 6) is 0.965. The zero-order valence-electron chi connectivity index (χ0n) is 3.76. The predicted octanol–water partition coefficient (Wildman–Crippen LogP) is 0.948. The highest BCUT2D eigenvalue weighted by atomic mass is 32.2. The predicted molar refractivity (Wildman–Crippen MR) is 34.9 cm³/mol. The molecule has 7 heavy (non-hydrogen) atoms. The second-order valence-electron chi connectivity index (χ2n) is 1.47. The summed E-state index contributed by atoms with van der Waals surface area (Å²) < 4.78 is 0. The summed E-state index contributed by atoms with van der Waals surface area (Å²) >= 11 is 5.41. The van der Waals surface area contributed by atoms with Crippen LogP contribution in [0.15, 0.2) is 0 Å². The molecule has 0 aromatic heterocycles. The lowest BCUT2D eigenvalue weighted by molar-refractivity contribution is -0.110. The Kier molecular flexibility index (Phi) is 1.65. The number of thiol groups is 1. The summed E-state index contributed by atoms with van der Waals surface area (Å²) in [5, 5.41) is 0.272. The van der Waals surface area contributed by atoms with Crippen LogP contribution in [0.3, 0.4) is 0 Å². The lowest BCUT2D eigenvalue weighted by Crippen LogP contribution is -2.00. The molecule has 0 aliphatic carbocycles. The first-order valence-corrected chi connectivity index (χ1v) is 3.65. The first-order chi connectivity index (χ1) is 3.30. The van der Waals surface area contributed by atoms with Gasteiger partial charge in [0.25, 0.3) is 0 Å². The molecule has 1 aliphatic heterocycles. The molecule has 1 fully saturated rings. The third-order valence-electron chi connectivity index (χ3n) is 0.908. The molecule has 1 nitrogen and oxygen atoms in total. The van der Waals surface area contributed by atoms with Gasteiger partial charge in [-0.05, 0) is 6.42 Å². The van der Waals surface area contributed by atoms with Gasteiger partial charge in [-0.15, -0.1) is 0 Å². The van der Waals surface area contributed by atoms with Crippen molar-refractivity contribution in [3.05, 3.63) is 0 Å². The van der Waals surface area contributed by atoms with E-state index in [0.29, 0.717) is 0 Å². The number of hydrogen-bond acceptors (Lipinski definition) is 3. The molecular weight excluding hydrogens is 128 g/mol. The Bertz CT molecular complexity index is 91.7. The van der Waals surface area contributed by atoms with Gasteiger partial charge in [-0.2, -0.15) is 12.6 Å². The summed E-state index contributed by atoms with van der Waals surface area (Å²) in [6.45, 7) is 0. The second-order valence-corrected chi connectivity index (χ2v) is 3.19. The van der Waals surface area contributed by atoms with Crippen molar-refractivity contribution in [3.63, 3.8) is 0 Å². The molecule has 0 saturated carbocycles. The maximum Gasteiger partial charge on any atom is 0.201 e. The van der Waals surface area contributed by atoms with E-state index in [9.17, 15) is 4.79 Å². The van der Waals surface area contributed by atoms with Crippen molar-refractivity contribution in [1.29, 1.82) is 0 Å². The molecule has 0 N–H and O–H groups in total. The van der Waals surface area contributed by atoms with Crippen LogP contribution in [0.25, 0.3) is 0 Å². The fraction of sp³-hybridized carbons (Fsp3) is 0.750. The van der Waals surface area contributed by atoms with E-state index in [1.54, 1.807) is 0 Å². The van der Waals surface area contributed by atoms with E-state index in [0.717, 1.165) is 12.2 Å². The lowest BCUT2D eigenvalue weighted by atomic mass is 10.4. The summed E-state index contributed by atoms with van der Waals surface area (Å²) in [6.07, 6.45) is 0.951. The van der Waals surface area contributed by atoms with Gasteiger partial charge in [0.1, 0.15) is 0 Å². The second kappa shape index (κ2) is 2.09. The molecule has 0 bridgehead atoms. The third kappa shape index (κ3) is 1.13. The van der Waals surface area contributed by atoms with Crippen molar-refractivity contribution < 1.29 is 4.79 Å². The van der Waals surface area contributed by atoms with Crippen LogP contribution in [0, 0.1) is 0 Å². The Morgan fingerprint density at radius 3 is 2.71 bits per heavy atom. The lowest BCUT2D eigenvalue weighted by Gasteiger charge is -1.88. The number of carbonyl (C=O) groups is 1. The molecule has 1 rings (SSSR count). The normalized spacial score (nSPS) is 31.6. The molecule has 1 unspecified atom stereocenters. The molecule has 0 radical (unpaired) electrons. The Morgan fingerprint density at radius 2 is 2.57 bits per heavy atom. The van der Waals surface area contributed by atoms with Crippen molar-refractivity contribution in [2.75, 3.05) is 5.75 Å². The first kappa shape index (κ1) is 5.51. The van der Waals surface area contributed by atoms with Crippen molar-refractivity contribution in [2.45, 2.75) is 11.7 Å². The molecule has 0 aromatic rings. The van der Waals surface area contributed by atoms with Crippen molar-refractivity contribution >= 4 is 29.5 Å². The fourth-order valence-electron chi connectivity index (χ4n) is 0.485. The van der Waals surface area contributed by atoms with Crippen molar-refractivity contribution in [1.82, 2.24) is 0 Å². The van der Waals surface area contributed by atoms with Crippen LogP contribution in [0.2, 0.25) is 0 Å². The zero-order chi connectivity index (χ0) is 5.28. The topological polar surface area (TPSA) is 17.1 Å². The number of hydrogen-bond donors (Lipinski definition) is 1. The largest absolute Gasteiger partial charge is 0.286 e. The van der Waals surface area contributed by atoms with Gasteiger partial charge >= 0.3 is 0 Å². The van der Waals surface area contributed by atoms with Gasteiger partial charge in [0.05, 0.1) is 5.25 Å². The van der Waals surface area contributed by atoms with Crippen molar-refractivity contribution in [2.24, 2.45) is 0 Å². The SMILES string of the molecule is O=C1SCCC1S. The van der Waals surface area contributed by atoms with Crippen LogP contribution >= 0.6 is 24.4 Å². The standard InChI is InChI=1S/C4H6OS2/c5-4-3(6)1-2-7-4/h3,6H,1-2H2. The zero-order valence-corrected chi connectivity index (χ0v) is 5.47. The number of carbonyl (C=O) groups excluding carboxylic acids is 1. The van der Waals surface area contributed by atoms with Gasteiger partial charge in [0.15, 0.2) is 0 Å². The van der Waals surface area contributed by atoms with Gasteiger partial charge in [-0.1, -0.05) is 11.8 Å². The van der Waals surface area contributed by atoms with Crippen LogP contribution in [0.1, 0.15) is 6.42 Å². The molecule has 1 aliphatic rings. The Labute approximate surface area is 52.3 Å². The highest BCUT2D eigenvalue weighted by Crippen LogP contribution is 2.22. The molecule has 1 atom stereocenters. The summed E-state index contributed by atoms with van der Waals surface area (Å²) in [5.41, 5.74) is 0. The molecule has 0 spiro atoms. The molecule has 40 valence electrons. The van der Waals surface area contributed by atoms with Gasteiger partial charge in [0.2, 0.25) is 5.12 Å². The molecular formula is C4H6OS2. The minimum absolute atomic E-state index is 0.0324. The van der Waals surface area contributed by atoms with E-state index < -0.39 is 0 Å². The monoisotopic (exact) mass is 134 g/mol. The van der Waals surface area contributed by atoms with Crippen LogP contribution in [0.5, 0.6) is 0 Å². The summed E-state index contributed by atoms with van der Waals surface area (Å²) in [6, 6.07) is 0. The van der Waals surface area contributed by atoms with Crippen LogP contribution in [0.4, 0.5) is 0 Å². The van der Waals surface area contributed by atoms with E-state index in [1.807, 2.05) is 0 Å². The van der Waals surface area contributed by atoms with E-state index in [-0.39, 0.29) is 10.4 Å². The highest BCUT2D eigenvalue weighted by molar-refractivity contribution is 8.15. The Morgan fingerprint density at radius 1 is 1.86 bits per heavy atom. The fourth-order valence-corrected chi connectivity index (χ4v) is 1.88. The Hall–Kier alpha value is 0.370. The summed E-state index contributed by atoms with van der Waals surface area (Å²) in [4.78, 5) is 10.5. The van der Waals surface area contributed by atoms with E-state index in [4.69, 9.17) is 0 Å². The number of rotatable bonds is 0. The van der Waals surface area contributed by atoms with E-state index in [1.165, 1.54) is 11.8 Å². The smallest absolute Gasteiger partial charge is 0.201 e. The van der Waals surface area contributed by atoms with E-state index >= 15 is 0 Å². The van der Waals surface area contributed by atoms with Crippen LogP contribution in [-0.4, -0.2) is 16.1 Å². The maximum atomic E-state index is 10.5. The Balaban J connectivity index is 2.48. The van der Waals surface area contributed by atoms with E-state index in [2.05, 4.69) is 12.6 Å². The van der Waals surface area contributed by atoms with Crippen LogP contribution in [-0.2, 0) is 4.79 Å². The molecule has 0 aromatic carbocycles. The third-order valence-corrected chi connectivity index (χ3v) is 2.58. The number of thioether (sulfide) groups is 1. The average Bonchev–Trinajstić information content (AvgIpc) is 1.91. The quantitative estimate of drug-likeness (QED) is 0.497. The maximum absolute atomic E-state index is 10.5. The van der Waals surface area contributed by atoms with Crippen molar-refractivity contribution in [3.8, 4) is 0 Å². The van der Waals surface area contributed by atoms with Crippen LogP contribution < -0.4 is 0 Å². The molecule has 1 heterocycles. The highest BCUT2D eigenvalue weighted by Gasteiger charge is 2.20. The average molecular weight is 134 g/mol. The molecule has 1 saturated heterocycles. The van der Waals surface area contributed by atoms with Gasteiger partial charge in [-0.25, -0.2) is 0 Å². The van der Waals surface area contributed by atoms with Gasteiger partial charge in [-0.3, -0.25) is 4.79 Å². The minimum atomic E-state index is 0.0324. The van der Waals surface area contributed by atoms with Gasteiger partial charge < -0.3 is 0 Å². The molecule has 3 heteroatoms. The van der Waals surface area contributed by atoms with Gasteiger partial charge in [0, 0.05) is 5.75 Å². The minimum Gasteiger partial charge on any atom is -0.286 e. The summed E-state index contributed by atoms with van der Waals surface area (Å²) in [7, 11) is 0. The first-order valence-electron chi connectivity index (χ1n) is 2.15. The molecule has 0 amide bonds.